The molecular formula is C12H18N4. The van der Waals surface area contributed by atoms with Crippen LogP contribution in [0.4, 0.5) is 0 Å². The maximum Gasteiger partial charge on any atom is 0.0918 e. The molecule has 0 atom stereocenters. The molecule has 0 unspecified atom stereocenters. The van der Waals surface area contributed by atoms with Crippen LogP contribution in [0.2, 0.25) is 0 Å². The van der Waals surface area contributed by atoms with E-state index in [0.717, 1.165) is 13.1 Å². The van der Waals surface area contributed by atoms with Gasteiger partial charge in [-0.3, -0.25) is 15.3 Å². The summed E-state index contributed by atoms with van der Waals surface area (Å²) in [6.07, 6.45) is 6.91. The summed E-state index contributed by atoms with van der Waals surface area (Å²) in [5.41, 5.74) is 6.63. The molecule has 1 heterocycles. The van der Waals surface area contributed by atoms with E-state index >= 15 is 0 Å². The van der Waals surface area contributed by atoms with Gasteiger partial charge in [-0.2, -0.15) is 0 Å². The van der Waals surface area contributed by atoms with Crippen LogP contribution < -0.4 is 5.73 Å². The van der Waals surface area contributed by atoms with Gasteiger partial charge in [0.25, 0.3) is 0 Å². The van der Waals surface area contributed by atoms with Crippen LogP contribution in [0.1, 0.15) is 24.8 Å². The van der Waals surface area contributed by atoms with Gasteiger partial charge in [-0.05, 0) is 24.5 Å². The standard InChI is InChI=1S/C12H18N4/c13-12(14)5-7-16(11-3-4-11)9-10-2-1-6-15-8-10/h1-2,6,8,11H,3-5,7,9H2,(H3,13,14). The third-order valence-electron chi connectivity index (χ3n) is 2.84. The van der Waals surface area contributed by atoms with Crippen LogP contribution in [0.3, 0.4) is 0 Å². The predicted molar refractivity (Wildman–Crippen MR) is 64.2 cm³/mol. The van der Waals surface area contributed by atoms with E-state index in [1.165, 1.54) is 18.4 Å². The van der Waals surface area contributed by atoms with Crippen molar-refractivity contribution in [2.45, 2.75) is 31.8 Å². The van der Waals surface area contributed by atoms with Crippen molar-refractivity contribution in [3.05, 3.63) is 30.1 Å². The Morgan fingerprint density at radius 1 is 1.56 bits per heavy atom. The van der Waals surface area contributed by atoms with Crippen LogP contribution in [-0.2, 0) is 6.54 Å². The molecule has 0 aromatic carbocycles. The van der Waals surface area contributed by atoms with E-state index in [0.29, 0.717) is 12.5 Å². The van der Waals surface area contributed by atoms with E-state index in [1.807, 2.05) is 12.3 Å². The zero-order valence-electron chi connectivity index (χ0n) is 9.39. The Hall–Kier alpha value is -1.42. The summed E-state index contributed by atoms with van der Waals surface area (Å²) in [6, 6.07) is 4.75. The number of aromatic nitrogens is 1. The maximum absolute atomic E-state index is 7.27. The van der Waals surface area contributed by atoms with Crippen molar-refractivity contribution in [1.29, 1.82) is 5.41 Å². The highest BCUT2D eigenvalue weighted by atomic mass is 15.2. The van der Waals surface area contributed by atoms with Gasteiger partial charge in [-0.1, -0.05) is 6.07 Å². The first-order chi connectivity index (χ1) is 7.75. The normalized spacial score (nSPS) is 15.3. The van der Waals surface area contributed by atoms with Crippen molar-refractivity contribution in [1.82, 2.24) is 9.88 Å². The first-order valence-corrected chi connectivity index (χ1v) is 5.71. The zero-order valence-corrected chi connectivity index (χ0v) is 9.39. The number of hydrogen-bond acceptors (Lipinski definition) is 3. The number of pyridine rings is 1. The number of rotatable bonds is 6. The summed E-state index contributed by atoms with van der Waals surface area (Å²) in [4.78, 5) is 6.52. The molecule has 2 rings (SSSR count). The van der Waals surface area contributed by atoms with Crippen LogP contribution in [0.5, 0.6) is 0 Å². The van der Waals surface area contributed by atoms with Crippen molar-refractivity contribution >= 4 is 5.84 Å². The molecule has 1 aromatic heterocycles. The van der Waals surface area contributed by atoms with Crippen molar-refractivity contribution < 1.29 is 0 Å². The molecule has 0 bridgehead atoms. The molecule has 1 aliphatic carbocycles. The average Bonchev–Trinajstić information content (AvgIpc) is 3.09. The van der Waals surface area contributed by atoms with Crippen molar-refractivity contribution in [3.8, 4) is 0 Å². The summed E-state index contributed by atoms with van der Waals surface area (Å²) >= 11 is 0. The second-order valence-corrected chi connectivity index (χ2v) is 4.34. The minimum Gasteiger partial charge on any atom is -0.388 e. The van der Waals surface area contributed by atoms with Gasteiger partial charge in [0.05, 0.1) is 5.84 Å². The van der Waals surface area contributed by atoms with E-state index in [-0.39, 0.29) is 5.84 Å². The molecular weight excluding hydrogens is 200 g/mol. The maximum atomic E-state index is 7.27. The monoisotopic (exact) mass is 218 g/mol. The molecule has 0 radical (unpaired) electrons. The molecule has 86 valence electrons. The third-order valence-corrected chi connectivity index (χ3v) is 2.84. The first kappa shape index (κ1) is 11.1. The Labute approximate surface area is 96.0 Å². The highest BCUT2D eigenvalue weighted by Crippen LogP contribution is 2.28. The molecule has 3 N–H and O–H groups in total. The minimum absolute atomic E-state index is 0.275. The topological polar surface area (TPSA) is 66.0 Å². The second-order valence-electron chi connectivity index (χ2n) is 4.34. The van der Waals surface area contributed by atoms with E-state index in [1.54, 1.807) is 6.20 Å². The quantitative estimate of drug-likeness (QED) is 0.560. The van der Waals surface area contributed by atoms with Crippen molar-refractivity contribution in [2.24, 2.45) is 5.73 Å². The molecule has 16 heavy (non-hydrogen) atoms. The molecule has 1 aromatic rings. The van der Waals surface area contributed by atoms with E-state index in [9.17, 15) is 0 Å². The van der Waals surface area contributed by atoms with Gasteiger partial charge in [0.15, 0.2) is 0 Å². The summed E-state index contributed by atoms with van der Waals surface area (Å²) in [6.45, 7) is 1.81. The number of nitrogens with zero attached hydrogens (tertiary/aromatic N) is 2. The zero-order chi connectivity index (χ0) is 11.4. The molecule has 0 saturated heterocycles. The smallest absolute Gasteiger partial charge is 0.0918 e. The molecule has 1 aliphatic rings. The lowest BCUT2D eigenvalue weighted by Crippen LogP contribution is -2.29. The lowest BCUT2D eigenvalue weighted by atomic mass is 10.2. The Morgan fingerprint density at radius 3 is 2.94 bits per heavy atom. The van der Waals surface area contributed by atoms with E-state index < -0.39 is 0 Å². The fraction of sp³-hybridized carbons (Fsp3) is 0.500. The molecule has 1 saturated carbocycles. The first-order valence-electron chi connectivity index (χ1n) is 5.71. The third kappa shape index (κ3) is 3.31. The average molecular weight is 218 g/mol. The van der Waals surface area contributed by atoms with Gasteiger partial charge in [0.1, 0.15) is 0 Å². The highest BCUT2D eigenvalue weighted by molar-refractivity contribution is 5.76. The molecule has 0 aliphatic heterocycles. The second kappa shape index (κ2) is 5.07. The Kier molecular flexibility index (Phi) is 3.51. The largest absolute Gasteiger partial charge is 0.388 e. The lowest BCUT2D eigenvalue weighted by molar-refractivity contribution is 0.262. The highest BCUT2D eigenvalue weighted by Gasteiger charge is 2.28. The lowest BCUT2D eigenvalue weighted by Gasteiger charge is -2.21. The number of amidine groups is 1. The Morgan fingerprint density at radius 2 is 2.38 bits per heavy atom. The van der Waals surface area contributed by atoms with Crippen LogP contribution >= 0.6 is 0 Å². The fourth-order valence-electron chi connectivity index (χ4n) is 1.82. The fourth-order valence-corrected chi connectivity index (χ4v) is 1.82. The van der Waals surface area contributed by atoms with Crippen molar-refractivity contribution in [3.63, 3.8) is 0 Å². The summed E-state index contributed by atoms with van der Waals surface area (Å²) in [5, 5.41) is 7.27. The number of hydrogen-bond donors (Lipinski definition) is 2. The molecule has 1 fully saturated rings. The molecule has 4 heteroatoms. The molecule has 4 nitrogen and oxygen atoms in total. The van der Waals surface area contributed by atoms with Gasteiger partial charge >= 0.3 is 0 Å². The minimum atomic E-state index is 0.275. The predicted octanol–water partition coefficient (Wildman–Crippen LogP) is 1.37. The number of nitrogens with two attached hydrogens (primary N) is 1. The SMILES string of the molecule is N=C(N)CCN(Cc1cccnc1)C1CC1. The van der Waals surface area contributed by atoms with E-state index in [2.05, 4.69) is 16.0 Å². The van der Waals surface area contributed by atoms with Gasteiger partial charge in [0.2, 0.25) is 0 Å². The Balaban J connectivity index is 1.90. The van der Waals surface area contributed by atoms with Crippen LogP contribution in [0.15, 0.2) is 24.5 Å². The van der Waals surface area contributed by atoms with Crippen LogP contribution in [0, 0.1) is 5.41 Å². The van der Waals surface area contributed by atoms with Gasteiger partial charge in [-0.15, -0.1) is 0 Å². The van der Waals surface area contributed by atoms with Gasteiger partial charge in [-0.25, -0.2) is 0 Å². The Bertz CT molecular complexity index is 345. The molecule has 0 amide bonds. The van der Waals surface area contributed by atoms with Crippen LogP contribution in [0.25, 0.3) is 0 Å². The van der Waals surface area contributed by atoms with Gasteiger partial charge < -0.3 is 5.73 Å². The summed E-state index contributed by atoms with van der Waals surface area (Å²) in [5.74, 6) is 0.275. The summed E-state index contributed by atoms with van der Waals surface area (Å²) in [7, 11) is 0. The number of nitrogens with one attached hydrogen (secondary N) is 1. The van der Waals surface area contributed by atoms with Crippen LogP contribution in [-0.4, -0.2) is 28.3 Å². The van der Waals surface area contributed by atoms with E-state index in [4.69, 9.17) is 11.1 Å². The summed E-state index contributed by atoms with van der Waals surface area (Å²) < 4.78 is 0. The van der Waals surface area contributed by atoms with Gasteiger partial charge in [0, 0.05) is 37.9 Å². The van der Waals surface area contributed by atoms with Crippen molar-refractivity contribution in [2.75, 3.05) is 6.54 Å². The molecule has 0 spiro atoms.